The number of halogens is 1. The van der Waals surface area contributed by atoms with Gasteiger partial charge < -0.3 is 5.32 Å². The fourth-order valence-electron chi connectivity index (χ4n) is 1.88. The van der Waals surface area contributed by atoms with Crippen LogP contribution >= 0.6 is 23.4 Å². The molecule has 22 heavy (non-hydrogen) atoms. The molecule has 1 amide bonds. The highest BCUT2D eigenvalue weighted by molar-refractivity contribution is 7.98. The topological polar surface area (TPSA) is 85.1 Å². The van der Waals surface area contributed by atoms with Gasteiger partial charge in [0.15, 0.2) is 5.69 Å². The van der Waals surface area contributed by atoms with Gasteiger partial charge in [-0.05, 0) is 25.3 Å². The summed E-state index contributed by atoms with van der Waals surface area (Å²) in [5.74, 6) is -0.0441. The fourth-order valence-corrected chi connectivity index (χ4v) is 2.40. The molecular formula is C13H11ClN6OS. The van der Waals surface area contributed by atoms with E-state index in [1.54, 1.807) is 31.2 Å². The Labute approximate surface area is 135 Å². The standard InChI is InChI=1S/C13H11ClN6OS/c1-7-10(11(21)15-9-6-4-3-5-8(9)14)17-18-12-16-13(22-2)19-20(7)12/h3-6H,1-2H3,(H,15,21). The van der Waals surface area contributed by atoms with Crippen LogP contribution in [0.3, 0.4) is 0 Å². The zero-order valence-corrected chi connectivity index (χ0v) is 13.3. The van der Waals surface area contributed by atoms with E-state index in [9.17, 15) is 4.79 Å². The van der Waals surface area contributed by atoms with Gasteiger partial charge in [-0.25, -0.2) is 0 Å². The Morgan fingerprint density at radius 3 is 2.82 bits per heavy atom. The minimum absolute atomic E-state index is 0.171. The van der Waals surface area contributed by atoms with E-state index < -0.39 is 5.91 Å². The summed E-state index contributed by atoms with van der Waals surface area (Å²) in [4.78, 5) is 16.5. The van der Waals surface area contributed by atoms with Crippen molar-refractivity contribution in [2.75, 3.05) is 11.6 Å². The summed E-state index contributed by atoms with van der Waals surface area (Å²) in [5, 5.41) is 15.9. The summed E-state index contributed by atoms with van der Waals surface area (Å²) in [7, 11) is 0. The number of carbonyl (C=O) groups excluding carboxylic acids is 1. The third kappa shape index (κ3) is 2.62. The number of fused-ring (bicyclic) bond motifs is 1. The SMILES string of the molecule is CSc1nc2nnc(C(=O)Nc3ccccc3Cl)c(C)n2n1. The Morgan fingerprint density at radius 1 is 1.32 bits per heavy atom. The predicted octanol–water partition coefficient (Wildman–Crippen LogP) is 2.46. The highest BCUT2D eigenvalue weighted by Gasteiger charge is 2.17. The highest BCUT2D eigenvalue weighted by Crippen LogP contribution is 2.21. The number of rotatable bonds is 3. The molecule has 0 radical (unpaired) electrons. The molecule has 0 saturated carbocycles. The number of anilines is 1. The van der Waals surface area contributed by atoms with Crippen molar-refractivity contribution in [3.05, 3.63) is 40.7 Å². The van der Waals surface area contributed by atoms with Crippen molar-refractivity contribution < 1.29 is 4.79 Å². The lowest BCUT2D eigenvalue weighted by atomic mass is 10.3. The van der Waals surface area contributed by atoms with Crippen molar-refractivity contribution in [2.24, 2.45) is 0 Å². The molecule has 1 N–H and O–H groups in total. The van der Waals surface area contributed by atoms with Gasteiger partial charge >= 0.3 is 0 Å². The van der Waals surface area contributed by atoms with Crippen LogP contribution in [0.15, 0.2) is 29.4 Å². The molecule has 2 heterocycles. The Morgan fingerprint density at radius 2 is 2.09 bits per heavy atom. The summed E-state index contributed by atoms with van der Waals surface area (Å²) in [5.41, 5.74) is 1.24. The minimum Gasteiger partial charge on any atom is -0.319 e. The lowest BCUT2D eigenvalue weighted by Crippen LogP contribution is -2.18. The molecule has 0 atom stereocenters. The number of nitrogens with one attached hydrogen (secondary N) is 1. The molecule has 0 fully saturated rings. The van der Waals surface area contributed by atoms with E-state index in [1.165, 1.54) is 16.3 Å². The first-order valence-electron chi connectivity index (χ1n) is 6.30. The van der Waals surface area contributed by atoms with Crippen LogP contribution in [0.5, 0.6) is 0 Å². The first kappa shape index (κ1) is 14.7. The van der Waals surface area contributed by atoms with Gasteiger partial charge in [0.2, 0.25) is 5.16 Å². The van der Waals surface area contributed by atoms with E-state index in [2.05, 4.69) is 25.6 Å². The van der Waals surface area contributed by atoms with Crippen LogP contribution in [0, 0.1) is 6.92 Å². The van der Waals surface area contributed by atoms with E-state index in [1.807, 2.05) is 6.26 Å². The normalized spacial score (nSPS) is 10.9. The fraction of sp³-hybridized carbons (Fsp3) is 0.154. The third-order valence-electron chi connectivity index (χ3n) is 2.99. The van der Waals surface area contributed by atoms with Crippen molar-refractivity contribution in [1.82, 2.24) is 24.8 Å². The molecule has 0 aliphatic carbocycles. The summed E-state index contributed by atoms with van der Waals surface area (Å²) in [6, 6.07) is 6.98. The summed E-state index contributed by atoms with van der Waals surface area (Å²) in [6.45, 7) is 1.74. The number of hydrogen-bond donors (Lipinski definition) is 1. The number of nitrogens with zero attached hydrogens (tertiary/aromatic N) is 5. The smallest absolute Gasteiger partial charge is 0.278 e. The Hall–Kier alpha value is -2.19. The van der Waals surface area contributed by atoms with Crippen molar-refractivity contribution >= 4 is 40.7 Å². The summed E-state index contributed by atoms with van der Waals surface area (Å²) in [6.07, 6.45) is 1.86. The minimum atomic E-state index is -0.402. The largest absolute Gasteiger partial charge is 0.319 e. The number of thioether (sulfide) groups is 1. The van der Waals surface area contributed by atoms with Crippen LogP contribution in [0.4, 0.5) is 5.69 Å². The molecule has 0 aliphatic heterocycles. The number of para-hydroxylation sites is 1. The summed E-state index contributed by atoms with van der Waals surface area (Å²) < 4.78 is 1.50. The zero-order chi connectivity index (χ0) is 15.7. The molecule has 0 saturated heterocycles. The van der Waals surface area contributed by atoms with Crippen LogP contribution in [-0.2, 0) is 0 Å². The van der Waals surface area contributed by atoms with Crippen molar-refractivity contribution in [1.29, 1.82) is 0 Å². The first-order chi connectivity index (χ1) is 10.6. The molecule has 0 unspecified atom stereocenters. The maximum atomic E-state index is 12.4. The highest BCUT2D eigenvalue weighted by atomic mass is 35.5. The number of amides is 1. The lowest BCUT2D eigenvalue weighted by molar-refractivity contribution is 0.102. The second kappa shape index (κ2) is 5.90. The second-order valence-corrected chi connectivity index (χ2v) is 5.56. The molecule has 1 aromatic carbocycles. The average molecular weight is 335 g/mol. The van der Waals surface area contributed by atoms with Crippen molar-refractivity contribution in [3.8, 4) is 0 Å². The van der Waals surface area contributed by atoms with E-state index >= 15 is 0 Å². The van der Waals surface area contributed by atoms with Crippen LogP contribution in [0.2, 0.25) is 5.02 Å². The molecular weight excluding hydrogens is 324 g/mol. The molecule has 112 valence electrons. The quantitative estimate of drug-likeness (QED) is 0.740. The molecule has 3 aromatic rings. The number of hydrogen-bond acceptors (Lipinski definition) is 6. The van der Waals surface area contributed by atoms with E-state index in [0.717, 1.165) is 0 Å². The van der Waals surface area contributed by atoms with E-state index in [-0.39, 0.29) is 5.69 Å². The first-order valence-corrected chi connectivity index (χ1v) is 7.90. The van der Waals surface area contributed by atoms with Gasteiger partial charge in [0.05, 0.1) is 16.4 Å². The van der Waals surface area contributed by atoms with E-state index in [4.69, 9.17) is 11.6 Å². The second-order valence-electron chi connectivity index (χ2n) is 4.38. The maximum absolute atomic E-state index is 12.4. The molecule has 0 bridgehead atoms. The van der Waals surface area contributed by atoms with Crippen LogP contribution in [0.25, 0.3) is 5.78 Å². The summed E-state index contributed by atoms with van der Waals surface area (Å²) >= 11 is 7.42. The average Bonchev–Trinajstić information content (AvgIpc) is 2.94. The molecule has 0 spiro atoms. The van der Waals surface area contributed by atoms with Gasteiger partial charge in [-0.2, -0.15) is 9.50 Å². The molecule has 7 nitrogen and oxygen atoms in total. The number of aromatic nitrogens is 5. The monoisotopic (exact) mass is 334 g/mol. The van der Waals surface area contributed by atoms with Gasteiger partial charge in [0.25, 0.3) is 11.7 Å². The van der Waals surface area contributed by atoms with Crippen LogP contribution in [-0.4, -0.2) is 37.0 Å². The molecule has 2 aromatic heterocycles. The van der Waals surface area contributed by atoms with E-state index in [0.29, 0.717) is 27.3 Å². The lowest BCUT2D eigenvalue weighted by Gasteiger charge is -2.08. The zero-order valence-electron chi connectivity index (χ0n) is 11.7. The number of carbonyl (C=O) groups is 1. The van der Waals surface area contributed by atoms with Gasteiger partial charge in [0.1, 0.15) is 0 Å². The Kier molecular flexibility index (Phi) is 3.95. The molecule has 9 heteroatoms. The molecule has 3 rings (SSSR count). The van der Waals surface area contributed by atoms with Gasteiger partial charge in [-0.15, -0.1) is 15.3 Å². The van der Waals surface area contributed by atoms with Gasteiger partial charge in [-0.1, -0.05) is 35.5 Å². The number of benzene rings is 1. The molecule has 0 aliphatic rings. The van der Waals surface area contributed by atoms with Gasteiger partial charge in [0, 0.05) is 0 Å². The Balaban J connectivity index is 1.97. The van der Waals surface area contributed by atoms with Crippen molar-refractivity contribution in [2.45, 2.75) is 12.1 Å². The number of aryl methyl sites for hydroxylation is 1. The van der Waals surface area contributed by atoms with Crippen molar-refractivity contribution in [3.63, 3.8) is 0 Å². The van der Waals surface area contributed by atoms with Gasteiger partial charge in [-0.3, -0.25) is 4.79 Å². The van der Waals surface area contributed by atoms with Crippen LogP contribution < -0.4 is 5.32 Å². The Bertz CT molecular complexity index is 865. The van der Waals surface area contributed by atoms with Crippen LogP contribution in [0.1, 0.15) is 16.2 Å². The maximum Gasteiger partial charge on any atom is 0.278 e. The predicted molar refractivity (Wildman–Crippen MR) is 84.5 cm³/mol. The third-order valence-corrected chi connectivity index (χ3v) is 3.86.